The summed E-state index contributed by atoms with van der Waals surface area (Å²) in [5.74, 6) is -3.85. The van der Waals surface area contributed by atoms with Gasteiger partial charge < -0.3 is 9.80 Å². The molecule has 33 heavy (non-hydrogen) atoms. The Morgan fingerprint density at radius 2 is 1.61 bits per heavy atom. The highest BCUT2D eigenvalue weighted by atomic mass is 32.2. The molecular weight excluding hydrogens is 448 g/mol. The molecule has 0 bridgehead atoms. The van der Waals surface area contributed by atoms with Gasteiger partial charge in [-0.2, -0.15) is 0 Å². The molecule has 4 rings (SSSR count). The van der Waals surface area contributed by atoms with E-state index < -0.39 is 40.4 Å². The molecule has 2 aromatic carbocycles. The molecule has 2 heterocycles. The van der Waals surface area contributed by atoms with Gasteiger partial charge in [-0.25, -0.2) is 17.2 Å². The van der Waals surface area contributed by atoms with E-state index in [9.17, 15) is 13.2 Å². The quantitative estimate of drug-likeness (QED) is 0.639. The molecule has 2 aliphatic heterocycles. The number of anilines is 1. The van der Waals surface area contributed by atoms with Gasteiger partial charge in [0.05, 0.1) is 10.6 Å². The smallest absolute Gasteiger partial charge is 0.275 e. The van der Waals surface area contributed by atoms with Gasteiger partial charge >= 0.3 is 0 Å². The van der Waals surface area contributed by atoms with Crippen LogP contribution in [0.3, 0.4) is 0 Å². The van der Waals surface area contributed by atoms with Crippen molar-refractivity contribution in [3.05, 3.63) is 65.7 Å². The third-order valence-corrected chi connectivity index (χ3v) is 8.01. The summed E-state index contributed by atoms with van der Waals surface area (Å²) in [5.41, 5.74) is 0.652. The fourth-order valence-corrected chi connectivity index (χ4v) is 5.61. The molecule has 2 aromatic rings. The van der Waals surface area contributed by atoms with Gasteiger partial charge in [0.25, 0.3) is 15.9 Å². The summed E-state index contributed by atoms with van der Waals surface area (Å²) in [6, 6.07) is 12.4. The second-order valence-corrected chi connectivity index (χ2v) is 10.4. The minimum Gasteiger partial charge on any atom is -0.337 e. The number of rotatable bonds is 3. The number of para-hydroxylation sites is 1. The van der Waals surface area contributed by atoms with E-state index in [2.05, 4.69) is 4.90 Å². The Morgan fingerprint density at radius 1 is 0.970 bits per heavy atom. The van der Waals surface area contributed by atoms with Crippen molar-refractivity contribution in [1.82, 2.24) is 9.80 Å². The van der Waals surface area contributed by atoms with Crippen molar-refractivity contribution in [3.63, 3.8) is 0 Å². The Labute approximate surface area is 193 Å². The monoisotopic (exact) mass is 475 g/mol. The number of benzene rings is 2. The number of allylic oxidation sites excluding steroid dienone is 1. The van der Waals surface area contributed by atoms with Crippen LogP contribution in [0.15, 0.2) is 59.5 Å². The zero-order chi connectivity index (χ0) is 23.8. The van der Waals surface area contributed by atoms with E-state index in [1.165, 1.54) is 24.3 Å². The van der Waals surface area contributed by atoms with Crippen molar-refractivity contribution in [2.75, 3.05) is 44.1 Å². The SMILES string of the molecule is Cc1ccc(S(=O)(=O)N2CCC(F)(F)C(=CC(=O)N3CCN(C)CC3)c3ccccc32)cc1. The van der Waals surface area contributed by atoms with Crippen molar-refractivity contribution in [1.29, 1.82) is 0 Å². The van der Waals surface area contributed by atoms with E-state index in [0.29, 0.717) is 26.2 Å². The highest BCUT2D eigenvalue weighted by molar-refractivity contribution is 7.92. The Bertz CT molecular complexity index is 1170. The number of hydrogen-bond acceptors (Lipinski definition) is 4. The highest BCUT2D eigenvalue weighted by Gasteiger charge is 2.43. The van der Waals surface area contributed by atoms with E-state index in [4.69, 9.17) is 0 Å². The number of fused-ring (bicyclic) bond motifs is 1. The van der Waals surface area contributed by atoms with Gasteiger partial charge in [0.2, 0.25) is 5.91 Å². The summed E-state index contributed by atoms with van der Waals surface area (Å²) >= 11 is 0. The van der Waals surface area contributed by atoms with Gasteiger partial charge in [0.1, 0.15) is 0 Å². The van der Waals surface area contributed by atoms with Crippen LogP contribution in [0.25, 0.3) is 5.57 Å². The van der Waals surface area contributed by atoms with Crippen LogP contribution < -0.4 is 4.31 Å². The first-order valence-corrected chi connectivity index (χ1v) is 12.3. The molecule has 0 aliphatic carbocycles. The third kappa shape index (κ3) is 4.65. The number of carbonyl (C=O) groups is 1. The zero-order valence-electron chi connectivity index (χ0n) is 18.7. The molecule has 6 nitrogen and oxygen atoms in total. The molecule has 0 N–H and O–H groups in total. The van der Waals surface area contributed by atoms with Crippen molar-refractivity contribution < 1.29 is 22.0 Å². The lowest BCUT2D eigenvalue weighted by molar-refractivity contribution is -0.127. The van der Waals surface area contributed by atoms with Crippen molar-refractivity contribution >= 4 is 27.2 Å². The summed E-state index contributed by atoms with van der Waals surface area (Å²) in [6.45, 7) is 3.70. The molecule has 2 aliphatic rings. The first-order valence-electron chi connectivity index (χ1n) is 10.9. The number of sulfonamides is 1. The predicted molar refractivity (Wildman–Crippen MR) is 124 cm³/mol. The summed E-state index contributed by atoms with van der Waals surface area (Å²) in [5, 5.41) is 0. The summed E-state index contributed by atoms with van der Waals surface area (Å²) in [4.78, 5) is 16.5. The first-order chi connectivity index (χ1) is 15.6. The maximum absolute atomic E-state index is 15.3. The molecule has 0 saturated carbocycles. The minimum atomic E-state index is -4.07. The number of nitrogens with zero attached hydrogens (tertiary/aromatic N) is 3. The topological polar surface area (TPSA) is 60.9 Å². The van der Waals surface area contributed by atoms with E-state index in [-0.39, 0.29) is 16.1 Å². The third-order valence-electron chi connectivity index (χ3n) is 6.18. The standard InChI is InChI=1S/C24H27F2N3O3S/c1-18-7-9-19(10-8-18)33(31,32)29-12-11-24(25,26)21(20-5-3-4-6-22(20)29)17-23(30)28-15-13-27(2)14-16-28/h3-10,17H,11-16H2,1-2H3. The van der Waals surface area contributed by atoms with Crippen LogP contribution in [0.5, 0.6) is 0 Å². The molecule has 1 fully saturated rings. The van der Waals surface area contributed by atoms with Crippen LogP contribution in [0.1, 0.15) is 17.5 Å². The molecule has 0 spiro atoms. The largest absolute Gasteiger partial charge is 0.337 e. The van der Waals surface area contributed by atoms with E-state index in [1.807, 2.05) is 14.0 Å². The number of carbonyl (C=O) groups excluding carboxylic acids is 1. The number of hydrogen-bond donors (Lipinski definition) is 0. The number of halogens is 2. The van der Waals surface area contributed by atoms with Gasteiger partial charge in [-0.3, -0.25) is 9.10 Å². The first kappa shape index (κ1) is 23.4. The fourth-order valence-electron chi connectivity index (χ4n) is 4.13. The normalized spacial score (nSPS) is 20.4. The number of piperazine rings is 1. The Kier molecular flexibility index (Phi) is 6.28. The van der Waals surface area contributed by atoms with Crippen LogP contribution in [0, 0.1) is 6.92 Å². The number of likely N-dealkylation sites (N-methyl/N-ethyl adjacent to an activating group) is 1. The minimum absolute atomic E-state index is 0.0344. The van der Waals surface area contributed by atoms with Gasteiger partial charge in [0.15, 0.2) is 0 Å². The average Bonchev–Trinajstić information content (AvgIpc) is 2.89. The predicted octanol–water partition coefficient (Wildman–Crippen LogP) is 3.39. The Balaban J connectivity index is 1.77. The van der Waals surface area contributed by atoms with Gasteiger partial charge in [0, 0.05) is 56.4 Å². The van der Waals surface area contributed by atoms with Crippen molar-refractivity contribution in [3.8, 4) is 0 Å². The van der Waals surface area contributed by atoms with Gasteiger partial charge in [-0.05, 0) is 32.2 Å². The molecule has 0 atom stereocenters. The van der Waals surface area contributed by atoms with Crippen LogP contribution in [0.2, 0.25) is 0 Å². The molecule has 0 unspecified atom stereocenters. The summed E-state index contributed by atoms with van der Waals surface area (Å²) < 4.78 is 58.5. The maximum Gasteiger partial charge on any atom is 0.275 e. The highest BCUT2D eigenvalue weighted by Crippen LogP contribution is 2.44. The van der Waals surface area contributed by atoms with Crippen molar-refractivity contribution in [2.45, 2.75) is 24.2 Å². The van der Waals surface area contributed by atoms with Crippen LogP contribution >= 0.6 is 0 Å². The lowest BCUT2D eigenvalue weighted by Gasteiger charge is -2.32. The molecule has 1 saturated heterocycles. The Hall–Kier alpha value is -2.78. The lowest BCUT2D eigenvalue weighted by Crippen LogP contribution is -2.46. The molecule has 1 amide bonds. The van der Waals surface area contributed by atoms with Crippen LogP contribution in [-0.2, 0) is 14.8 Å². The number of aryl methyl sites for hydroxylation is 1. The number of amides is 1. The molecule has 9 heteroatoms. The van der Waals surface area contributed by atoms with E-state index in [0.717, 1.165) is 15.9 Å². The van der Waals surface area contributed by atoms with Crippen LogP contribution in [0.4, 0.5) is 14.5 Å². The summed E-state index contributed by atoms with van der Waals surface area (Å²) in [6.07, 6.45) is 0.265. The second kappa shape index (κ2) is 8.87. The zero-order valence-corrected chi connectivity index (χ0v) is 19.5. The maximum atomic E-state index is 15.3. The summed E-state index contributed by atoms with van der Waals surface area (Å²) in [7, 11) is -2.13. The average molecular weight is 476 g/mol. The van der Waals surface area contributed by atoms with E-state index >= 15 is 8.78 Å². The van der Waals surface area contributed by atoms with E-state index in [1.54, 1.807) is 29.2 Å². The van der Waals surface area contributed by atoms with Gasteiger partial charge in [-0.1, -0.05) is 35.9 Å². The Morgan fingerprint density at radius 3 is 2.27 bits per heavy atom. The van der Waals surface area contributed by atoms with Crippen molar-refractivity contribution in [2.24, 2.45) is 0 Å². The van der Waals surface area contributed by atoms with Gasteiger partial charge in [-0.15, -0.1) is 0 Å². The fraction of sp³-hybridized carbons (Fsp3) is 0.375. The molecule has 176 valence electrons. The lowest BCUT2D eigenvalue weighted by atomic mass is 9.97. The molecular formula is C24H27F2N3O3S. The number of alkyl halides is 2. The molecule has 0 radical (unpaired) electrons. The van der Waals surface area contributed by atoms with Crippen LogP contribution in [-0.4, -0.2) is 69.8 Å². The molecule has 0 aromatic heterocycles. The second-order valence-electron chi connectivity index (χ2n) is 8.55.